The Morgan fingerprint density at radius 1 is 1.22 bits per heavy atom. The van der Waals surface area contributed by atoms with Crippen molar-refractivity contribution in [2.45, 2.75) is 19.4 Å². The van der Waals surface area contributed by atoms with Gasteiger partial charge in [-0.15, -0.1) is 0 Å². The molecule has 2 N–H and O–H groups in total. The van der Waals surface area contributed by atoms with Crippen LogP contribution in [0.5, 0.6) is 0 Å². The van der Waals surface area contributed by atoms with Crippen LogP contribution >= 0.6 is 0 Å². The molecule has 1 heterocycles. The summed E-state index contributed by atoms with van der Waals surface area (Å²) in [5.41, 5.74) is 8.06. The van der Waals surface area contributed by atoms with Gasteiger partial charge in [0.15, 0.2) is 0 Å². The van der Waals surface area contributed by atoms with E-state index in [1.165, 1.54) is 12.1 Å². The molecule has 1 atom stereocenters. The second-order valence-electron chi connectivity index (χ2n) is 4.30. The van der Waals surface area contributed by atoms with Crippen molar-refractivity contribution >= 4 is 0 Å². The average Bonchev–Trinajstić information content (AvgIpc) is 2.32. The summed E-state index contributed by atoms with van der Waals surface area (Å²) >= 11 is 0. The molecule has 0 saturated heterocycles. The number of hydrogen-bond acceptors (Lipinski definition) is 2. The maximum absolute atomic E-state index is 13.5. The summed E-state index contributed by atoms with van der Waals surface area (Å²) in [6, 6.07) is 6.69. The largest absolute Gasteiger partial charge is 0.324 e. The molecule has 0 aliphatic rings. The highest BCUT2D eigenvalue weighted by Gasteiger charge is 2.13. The normalized spacial score (nSPS) is 12.4. The fourth-order valence-electron chi connectivity index (χ4n) is 1.76. The lowest BCUT2D eigenvalue weighted by Crippen LogP contribution is -2.15. The maximum atomic E-state index is 13.5. The van der Waals surface area contributed by atoms with Gasteiger partial charge in [-0.2, -0.15) is 0 Å². The van der Waals surface area contributed by atoms with Gasteiger partial charge in [-0.3, -0.25) is 4.98 Å². The average molecular weight is 248 g/mol. The van der Waals surface area contributed by atoms with E-state index < -0.39 is 17.7 Å². The Morgan fingerprint density at radius 3 is 2.61 bits per heavy atom. The third kappa shape index (κ3) is 2.90. The Hall–Kier alpha value is -1.81. The van der Waals surface area contributed by atoms with Gasteiger partial charge in [-0.25, -0.2) is 8.78 Å². The lowest BCUT2D eigenvalue weighted by molar-refractivity contribution is 0.552. The summed E-state index contributed by atoms with van der Waals surface area (Å²) in [4.78, 5) is 4.21. The lowest BCUT2D eigenvalue weighted by Gasteiger charge is -2.12. The van der Waals surface area contributed by atoms with Gasteiger partial charge in [0.1, 0.15) is 11.6 Å². The zero-order chi connectivity index (χ0) is 13.1. The van der Waals surface area contributed by atoms with Gasteiger partial charge < -0.3 is 5.73 Å². The summed E-state index contributed by atoms with van der Waals surface area (Å²) in [5, 5.41) is 0. The van der Waals surface area contributed by atoms with Crippen LogP contribution in [0.15, 0.2) is 36.5 Å². The van der Waals surface area contributed by atoms with Crippen molar-refractivity contribution in [3.63, 3.8) is 0 Å². The van der Waals surface area contributed by atoms with E-state index in [4.69, 9.17) is 5.73 Å². The fourth-order valence-corrected chi connectivity index (χ4v) is 1.76. The van der Waals surface area contributed by atoms with Crippen molar-refractivity contribution in [3.8, 4) is 0 Å². The highest BCUT2D eigenvalue weighted by Crippen LogP contribution is 2.19. The van der Waals surface area contributed by atoms with Crippen LogP contribution in [-0.2, 0) is 6.42 Å². The molecule has 2 nitrogen and oxygen atoms in total. The van der Waals surface area contributed by atoms with Crippen molar-refractivity contribution in [2.24, 2.45) is 5.73 Å². The smallest absolute Gasteiger partial charge is 0.130 e. The predicted molar refractivity (Wildman–Crippen MR) is 66.0 cm³/mol. The van der Waals surface area contributed by atoms with Crippen molar-refractivity contribution in [1.29, 1.82) is 0 Å². The molecular formula is C14H14F2N2. The molecule has 0 radical (unpaired) electrons. The standard InChI is InChI=1S/C14H14F2N2/c1-9-2-4-11(18-8-9)7-14(17)12-5-3-10(15)6-13(12)16/h2-6,8,14H,7,17H2,1H3. The number of halogens is 2. The van der Waals surface area contributed by atoms with Crippen LogP contribution in [0.25, 0.3) is 0 Å². The first-order chi connectivity index (χ1) is 8.56. The number of nitrogens with zero attached hydrogens (tertiary/aromatic N) is 1. The molecule has 1 aromatic heterocycles. The fraction of sp³-hybridized carbons (Fsp3) is 0.214. The topological polar surface area (TPSA) is 38.9 Å². The molecule has 0 amide bonds. The van der Waals surface area contributed by atoms with E-state index >= 15 is 0 Å². The molecule has 0 aliphatic heterocycles. The molecule has 1 unspecified atom stereocenters. The molecule has 0 saturated carbocycles. The molecule has 1 aromatic carbocycles. The molecule has 2 rings (SSSR count). The summed E-state index contributed by atoms with van der Waals surface area (Å²) in [6.07, 6.45) is 2.16. The van der Waals surface area contributed by atoms with Crippen molar-refractivity contribution in [1.82, 2.24) is 4.98 Å². The van der Waals surface area contributed by atoms with Gasteiger partial charge in [0, 0.05) is 36.0 Å². The van der Waals surface area contributed by atoms with Crippen molar-refractivity contribution in [2.75, 3.05) is 0 Å². The second kappa shape index (κ2) is 5.23. The zero-order valence-corrected chi connectivity index (χ0v) is 10.0. The van der Waals surface area contributed by atoms with Gasteiger partial charge in [0.25, 0.3) is 0 Å². The van der Waals surface area contributed by atoms with Crippen LogP contribution < -0.4 is 5.73 Å². The van der Waals surface area contributed by atoms with Crippen LogP contribution in [0, 0.1) is 18.6 Å². The van der Waals surface area contributed by atoms with Gasteiger partial charge in [-0.1, -0.05) is 12.1 Å². The van der Waals surface area contributed by atoms with Gasteiger partial charge in [0.05, 0.1) is 0 Å². The van der Waals surface area contributed by atoms with E-state index in [2.05, 4.69) is 4.98 Å². The number of nitrogens with two attached hydrogens (primary N) is 1. The molecule has 2 aromatic rings. The van der Waals surface area contributed by atoms with Crippen LogP contribution in [0.4, 0.5) is 8.78 Å². The van der Waals surface area contributed by atoms with E-state index in [9.17, 15) is 8.78 Å². The SMILES string of the molecule is Cc1ccc(CC(N)c2ccc(F)cc2F)nc1. The summed E-state index contributed by atoms with van der Waals surface area (Å²) in [7, 11) is 0. The first kappa shape index (κ1) is 12.6. The molecule has 0 fully saturated rings. The number of aryl methyl sites for hydroxylation is 1. The van der Waals surface area contributed by atoms with E-state index in [-0.39, 0.29) is 0 Å². The summed E-state index contributed by atoms with van der Waals surface area (Å²) < 4.78 is 26.3. The first-order valence-corrected chi connectivity index (χ1v) is 5.68. The number of hydrogen-bond donors (Lipinski definition) is 1. The van der Waals surface area contributed by atoms with Crippen LogP contribution in [-0.4, -0.2) is 4.98 Å². The molecule has 0 spiro atoms. The van der Waals surface area contributed by atoms with Crippen molar-refractivity contribution in [3.05, 3.63) is 65.0 Å². The van der Waals surface area contributed by atoms with Gasteiger partial charge in [-0.05, 0) is 24.6 Å². The number of pyridine rings is 1. The van der Waals surface area contributed by atoms with E-state index in [1.54, 1.807) is 6.20 Å². The Bertz CT molecular complexity index is 538. The van der Waals surface area contributed by atoms with Crippen LogP contribution in [0.3, 0.4) is 0 Å². The van der Waals surface area contributed by atoms with Gasteiger partial charge >= 0.3 is 0 Å². The summed E-state index contributed by atoms with van der Waals surface area (Å²) in [6.45, 7) is 1.94. The molecule has 94 valence electrons. The third-order valence-electron chi connectivity index (χ3n) is 2.76. The number of rotatable bonds is 3. The number of benzene rings is 1. The molecule has 4 heteroatoms. The highest BCUT2D eigenvalue weighted by atomic mass is 19.1. The molecule has 18 heavy (non-hydrogen) atoms. The molecule has 0 bridgehead atoms. The Balaban J connectivity index is 2.16. The van der Waals surface area contributed by atoms with E-state index in [0.717, 1.165) is 17.3 Å². The minimum Gasteiger partial charge on any atom is -0.324 e. The van der Waals surface area contributed by atoms with Crippen LogP contribution in [0.1, 0.15) is 22.9 Å². The quantitative estimate of drug-likeness (QED) is 0.907. The minimum atomic E-state index is -0.616. The first-order valence-electron chi connectivity index (χ1n) is 5.68. The monoisotopic (exact) mass is 248 g/mol. The zero-order valence-electron chi connectivity index (χ0n) is 10.0. The Labute approximate surface area is 104 Å². The Morgan fingerprint density at radius 2 is 2.00 bits per heavy atom. The van der Waals surface area contributed by atoms with Crippen LogP contribution in [0.2, 0.25) is 0 Å². The van der Waals surface area contributed by atoms with E-state index in [1.807, 2.05) is 19.1 Å². The summed E-state index contributed by atoms with van der Waals surface area (Å²) in [5.74, 6) is -1.22. The number of aromatic nitrogens is 1. The lowest BCUT2D eigenvalue weighted by atomic mass is 10.0. The maximum Gasteiger partial charge on any atom is 0.130 e. The third-order valence-corrected chi connectivity index (χ3v) is 2.76. The second-order valence-corrected chi connectivity index (χ2v) is 4.30. The Kier molecular flexibility index (Phi) is 3.67. The van der Waals surface area contributed by atoms with Crippen molar-refractivity contribution < 1.29 is 8.78 Å². The highest BCUT2D eigenvalue weighted by molar-refractivity contribution is 5.24. The minimum absolute atomic E-state index is 0.304. The van der Waals surface area contributed by atoms with Gasteiger partial charge in [0.2, 0.25) is 0 Å². The molecular weight excluding hydrogens is 234 g/mol. The molecule has 0 aliphatic carbocycles. The van der Waals surface area contributed by atoms with E-state index in [0.29, 0.717) is 12.0 Å². The predicted octanol–water partition coefficient (Wildman–Crippen LogP) is 2.91.